The van der Waals surface area contributed by atoms with Crippen LogP contribution in [0.5, 0.6) is 6.01 Å². The predicted molar refractivity (Wildman–Crippen MR) is 130 cm³/mol. The number of rotatable bonds is 8. The van der Waals surface area contributed by atoms with E-state index in [1.54, 1.807) is 6.21 Å². The second-order valence-corrected chi connectivity index (χ2v) is 7.54. The molecule has 5 rings (SSSR count). The molecule has 5 aromatic rings. The second kappa shape index (κ2) is 9.53. The Bertz CT molecular complexity index is 1420. The number of H-pyrrole nitrogens is 1. The largest absolute Gasteiger partial charge is 0.465 e. The first-order chi connectivity index (χ1) is 16.8. The first-order valence-electron chi connectivity index (χ1n) is 10.9. The average Bonchev–Trinajstić information content (AvgIpc) is 3.53. The Morgan fingerprint density at radius 2 is 1.82 bits per heavy atom. The van der Waals surface area contributed by atoms with Gasteiger partial charge in [-0.1, -0.05) is 65.8 Å². The molecule has 0 aliphatic carbocycles. The number of tetrazole rings is 1. The van der Waals surface area contributed by atoms with E-state index in [-0.39, 0.29) is 0 Å². The normalized spacial score (nSPS) is 11.4. The Labute approximate surface area is 196 Å². The van der Waals surface area contributed by atoms with Gasteiger partial charge in [0.25, 0.3) is 6.01 Å². The van der Waals surface area contributed by atoms with Crippen LogP contribution >= 0.6 is 0 Å². The molecule has 0 spiro atoms. The molecule has 34 heavy (non-hydrogen) atoms. The number of hydrogen-bond donors (Lipinski definition) is 1. The number of aromatic amines is 1. The summed E-state index contributed by atoms with van der Waals surface area (Å²) in [4.78, 5) is 9.58. The Morgan fingerprint density at radius 1 is 1.00 bits per heavy atom. The zero-order valence-corrected chi connectivity index (χ0v) is 18.8. The van der Waals surface area contributed by atoms with Crippen molar-refractivity contribution in [2.75, 3.05) is 13.7 Å². The highest BCUT2D eigenvalue weighted by Crippen LogP contribution is 2.31. The van der Waals surface area contributed by atoms with Crippen LogP contribution in [-0.4, -0.2) is 50.1 Å². The summed E-state index contributed by atoms with van der Waals surface area (Å²) in [5, 5.41) is 18.3. The molecule has 9 nitrogen and oxygen atoms in total. The summed E-state index contributed by atoms with van der Waals surface area (Å²) in [6, 6.07) is 22.9. The lowest BCUT2D eigenvalue weighted by atomic mass is 9.98. The van der Waals surface area contributed by atoms with Crippen molar-refractivity contribution in [3.63, 3.8) is 0 Å². The van der Waals surface area contributed by atoms with Gasteiger partial charge in [0.15, 0.2) is 5.82 Å². The second-order valence-electron chi connectivity index (χ2n) is 7.54. The lowest BCUT2D eigenvalue weighted by Gasteiger charge is -2.12. The summed E-state index contributed by atoms with van der Waals surface area (Å²) < 4.78 is 7.93. The van der Waals surface area contributed by atoms with Crippen LogP contribution in [-0.2, 0) is 11.4 Å². The van der Waals surface area contributed by atoms with Gasteiger partial charge in [0.2, 0.25) is 0 Å². The van der Waals surface area contributed by atoms with Gasteiger partial charge < -0.3 is 9.57 Å². The number of nitrogens with one attached hydrogen (secondary N) is 1. The standard InChI is InChI=1S/C25H23N7O2/c1-3-34-25-27-22-10-6-7-19(15-26-33-2)23(22)32(25)16-17-11-13-18(14-12-17)20-8-4-5-9-21(20)24-28-30-31-29-24/h4-15H,3,16H2,1-2H3,(H,28,29,30,31)/b26-15+. The van der Waals surface area contributed by atoms with E-state index in [0.29, 0.717) is 25.0 Å². The third-order valence-electron chi connectivity index (χ3n) is 5.47. The summed E-state index contributed by atoms with van der Waals surface area (Å²) >= 11 is 0. The molecule has 0 radical (unpaired) electrons. The molecule has 0 atom stereocenters. The van der Waals surface area contributed by atoms with E-state index < -0.39 is 0 Å². The SMILES string of the molecule is CCOc1nc2cccc(/C=N/OC)c2n1Cc1ccc(-c2ccccc2-c2nnn[nH]2)cc1. The first-order valence-corrected chi connectivity index (χ1v) is 10.9. The lowest BCUT2D eigenvalue weighted by molar-refractivity contribution is 0.215. The fourth-order valence-electron chi connectivity index (χ4n) is 3.98. The van der Waals surface area contributed by atoms with Crippen LogP contribution in [0, 0.1) is 0 Å². The number of para-hydroxylation sites is 1. The minimum absolute atomic E-state index is 0.525. The molecule has 170 valence electrons. The number of ether oxygens (including phenoxy) is 1. The van der Waals surface area contributed by atoms with Crippen molar-refractivity contribution < 1.29 is 9.57 Å². The molecular weight excluding hydrogens is 430 g/mol. The maximum atomic E-state index is 5.86. The van der Waals surface area contributed by atoms with E-state index in [2.05, 4.69) is 65.7 Å². The van der Waals surface area contributed by atoms with Crippen molar-refractivity contribution in [2.24, 2.45) is 5.16 Å². The van der Waals surface area contributed by atoms with Gasteiger partial charge in [-0.15, -0.1) is 5.10 Å². The topological polar surface area (TPSA) is 103 Å². The molecule has 2 aromatic heterocycles. The van der Waals surface area contributed by atoms with Crippen LogP contribution in [0.3, 0.4) is 0 Å². The number of fused-ring (bicyclic) bond motifs is 1. The van der Waals surface area contributed by atoms with Crippen LogP contribution in [0.25, 0.3) is 33.5 Å². The van der Waals surface area contributed by atoms with Gasteiger partial charge in [-0.25, -0.2) is 5.10 Å². The first kappa shape index (κ1) is 21.3. The molecular formula is C25H23N7O2. The van der Waals surface area contributed by atoms with E-state index in [1.807, 2.05) is 43.3 Å². The summed E-state index contributed by atoms with van der Waals surface area (Å²) in [5.41, 5.74) is 6.87. The third-order valence-corrected chi connectivity index (χ3v) is 5.47. The maximum absolute atomic E-state index is 5.86. The fraction of sp³-hybridized carbons (Fsp3) is 0.160. The van der Waals surface area contributed by atoms with Crippen LogP contribution in [0.15, 0.2) is 71.9 Å². The molecule has 0 amide bonds. The molecule has 0 saturated carbocycles. The Balaban J connectivity index is 1.51. The highest BCUT2D eigenvalue weighted by Gasteiger charge is 2.16. The van der Waals surface area contributed by atoms with E-state index in [4.69, 9.17) is 9.57 Å². The molecule has 0 aliphatic heterocycles. The number of nitrogens with zero attached hydrogens (tertiary/aromatic N) is 6. The van der Waals surface area contributed by atoms with Crippen molar-refractivity contribution in [2.45, 2.75) is 13.5 Å². The van der Waals surface area contributed by atoms with Gasteiger partial charge in [-0.3, -0.25) is 4.57 Å². The van der Waals surface area contributed by atoms with Gasteiger partial charge in [-0.05, 0) is 40.1 Å². The zero-order chi connectivity index (χ0) is 23.3. The smallest absolute Gasteiger partial charge is 0.297 e. The molecule has 3 aromatic carbocycles. The minimum Gasteiger partial charge on any atom is -0.465 e. The molecule has 2 heterocycles. The lowest BCUT2D eigenvalue weighted by Crippen LogP contribution is -2.06. The maximum Gasteiger partial charge on any atom is 0.297 e. The van der Waals surface area contributed by atoms with Gasteiger partial charge in [0.1, 0.15) is 7.11 Å². The average molecular weight is 454 g/mol. The fourth-order valence-corrected chi connectivity index (χ4v) is 3.98. The van der Waals surface area contributed by atoms with Gasteiger partial charge in [-0.2, -0.15) is 4.98 Å². The molecule has 0 fully saturated rings. The molecule has 0 unspecified atom stereocenters. The monoisotopic (exact) mass is 453 g/mol. The number of imidazole rings is 1. The molecule has 1 N–H and O–H groups in total. The number of oxime groups is 1. The molecule has 0 bridgehead atoms. The highest BCUT2D eigenvalue weighted by molar-refractivity contribution is 5.97. The summed E-state index contributed by atoms with van der Waals surface area (Å²) in [5.74, 6) is 0.635. The Morgan fingerprint density at radius 3 is 2.56 bits per heavy atom. The van der Waals surface area contributed by atoms with E-state index in [9.17, 15) is 0 Å². The quantitative estimate of drug-likeness (QED) is 0.277. The van der Waals surface area contributed by atoms with E-state index >= 15 is 0 Å². The van der Waals surface area contributed by atoms with Crippen molar-refractivity contribution in [1.29, 1.82) is 0 Å². The van der Waals surface area contributed by atoms with Crippen LogP contribution < -0.4 is 4.74 Å². The van der Waals surface area contributed by atoms with Crippen LogP contribution in [0.4, 0.5) is 0 Å². The summed E-state index contributed by atoms with van der Waals surface area (Å²) in [6.07, 6.45) is 1.69. The molecule has 0 aliphatic rings. The van der Waals surface area contributed by atoms with Crippen molar-refractivity contribution in [3.05, 3.63) is 77.9 Å². The number of hydrogen-bond acceptors (Lipinski definition) is 7. The highest BCUT2D eigenvalue weighted by atomic mass is 16.6. The van der Waals surface area contributed by atoms with Crippen molar-refractivity contribution in [1.82, 2.24) is 30.2 Å². The zero-order valence-electron chi connectivity index (χ0n) is 18.8. The summed E-state index contributed by atoms with van der Waals surface area (Å²) in [7, 11) is 1.53. The molecule has 9 heteroatoms. The number of aromatic nitrogens is 6. The van der Waals surface area contributed by atoms with E-state index in [0.717, 1.165) is 38.9 Å². The number of benzene rings is 3. The van der Waals surface area contributed by atoms with Gasteiger partial charge in [0.05, 0.1) is 30.4 Å². The van der Waals surface area contributed by atoms with Crippen molar-refractivity contribution >= 4 is 17.2 Å². The van der Waals surface area contributed by atoms with Gasteiger partial charge >= 0.3 is 0 Å². The third kappa shape index (κ3) is 4.11. The van der Waals surface area contributed by atoms with Crippen molar-refractivity contribution in [3.8, 4) is 28.5 Å². The van der Waals surface area contributed by atoms with Gasteiger partial charge in [0, 0.05) is 11.1 Å². The van der Waals surface area contributed by atoms with Crippen LogP contribution in [0.1, 0.15) is 18.1 Å². The Kier molecular flexibility index (Phi) is 5.98. The molecule has 0 saturated heterocycles. The minimum atomic E-state index is 0.525. The van der Waals surface area contributed by atoms with E-state index in [1.165, 1.54) is 7.11 Å². The Hall–Kier alpha value is -4.53. The van der Waals surface area contributed by atoms with Crippen LogP contribution in [0.2, 0.25) is 0 Å². The predicted octanol–water partition coefficient (Wildman–Crippen LogP) is 4.31. The summed E-state index contributed by atoms with van der Waals surface area (Å²) in [6.45, 7) is 3.07.